The van der Waals surface area contributed by atoms with Gasteiger partial charge in [0.25, 0.3) is 5.88 Å². The normalized spacial score (nSPS) is 11.1. The monoisotopic (exact) mass is 336 g/mol. The summed E-state index contributed by atoms with van der Waals surface area (Å²) in [4.78, 5) is 11.4. The van der Waals surface area contributed by atoms with E-state index in [2.05, 4.69) is 35.8 Å². The zero-order valence-electron chi connectivity index (χ0n) is 11.0. The molecule has 0 fully saturated rings. The molecule has 2 heterocycles. The van der Waals surface area contributed by atoms with Crippen molar-refractivity contribution in [3.05, 3.63) is 34.6 Å². The summed E-state index contributed by atoms with van der Waals surface area (Å²) in [5, 5.41) is 4.20. The van der Waals surface area contributed by atoms with E-state index < -0.39 is 5.54 Å². The van der Waals surface area contributed by atoms with Gasteiger partial charge in [-0.25, -0.2) is 16.5 Å². The molecule has 0 saturated heterocycles. The molecule has 0 aliphatic carbocycles. The van der Waals surface area contributed by atoms with E-state index >= 15 is 0 Å². The number of hydrogen-bond acceptors (Lipinski definition) is 5. The van der Waals surface area contributed by atoms with E-state index in [0.717, 1.165) is 0 Å². The predicted octanol–water partition coefficient (Wildman–Crippen LogP) is 2.46. The third-order valence-electron chi connectivity index (χ3n) is 2.60. The summed E-state index contributed by atoms with van der Waals surface area (Å²) in [7, 11) is 0. The fourth-order valence-electron chi connectivity index (χ4n) is 1.50. The van der Waals surface area contributed by atoms with Gasteiger partial charge in [0.05, 0.1) is 18.6 Å². The van der Waals surface area contributed by atoms with Crippen LogP contribution in [-0.4, -0.2) is 26.3 Å². The molecule has 0 aliphatic rings. The Hall–Kier alpha value is -2.14. The van der Waals surface area contributed by atoms with Crippen molar-refractivity contribution >= 4 is 21.7 Å². The summed E-state index contributed by atoms with van der Waals surface area (Å²) < 4.78 is 7.77. The molecule has 20 heavy (non-hydrogen) atoms. The van der Waals surface area contributed by atoms with Crippen LogP contribution in [0.15, 0.2) is 23.2 Å². The second-order valence-corrected chi connectivity index (χ2v) is 5.55. The Morgan fingerprint density at radius 1 is 1.50 bits per heavy atom. The molecule has 104 valence electrons. The van der Waals surface area contributed by atoms with Crippen LogP contribution in [0.3, 0.4) is 0 Å². The Morgan fingerprint density at radius 3 is 2.95 bits per heavy atom. The molecule has 2 aromatic heterocycles. The summed E-state index contributed by atoms with van der Waals surface area (Å²) in [6.07, 6.45) is 4.74. The van der Waals surface area contributed by atoms with Crippen molar-refractivity contribution in [1.29, 1.82) is 0 Å². The van der Waals surface area contributed by atoms with Gasteiger partial charge in [0.1, 0.15) is 10.1 Å². The maximum Gasteiger partial charge on any atom is 0.263 e. The Bertz CT molecular complexity index is 660. The molecule has 2 rings (SSSR count). The smallest absolute Gasteiger partial charge is 0.263 e. The SMILES string of the molecule is [C-]#[N+]CC(C)(C)n1cc(Oc2nc(Br)cnc2N)cn1. The molecule has 0 aromatic carbocycles. The minimum Gasteiger partial charge on any atom is -0.433 e. The molecule has 0 atom stereocenters. The molecule has 2 N–H and O–H groups in total. The van der Waals surface area contributed by atoms with Gasteiger partial charge in [-0.05, 0) is 29.8 Å². The first-order valence-corrected chi connectivity index (χ1v) is 6.56. The second kappa shape index (κ2) is 5.46. The number of ether oxygens (including phenoxy) is 1. The largest absolute Gasteiger partial charge is 0.433 e. The Labute approximate surface area is 124 Å². The number of anilines is 1. The number of nitrogens with two attached hydrogens (primary N) is 1. The number of nitrogen functional groups attached to an aromatic ring is 1. The minimum atomic E-state index is -0.405. The number of aromatic nitrogens is 4. The summed E-state index contributed by atoms with van der Waals surface area (Å²) in [5.41, 5.74) is 5.29. The number of hydrogen-bond donors (Lipinski definition) is 1. The van der Waals surface area contributed by atoms with Crippen molar-refractivity contribution < 1.29 is 4.74 Å². The van der Waals surface area contributed by atoms with E-state index in [1.54, 1.807) is 17.1 Å². The molecule has 0 amide bonds. The maximum absolute atomic E-state index is 6.96. The van der Waals surface area contributed by atoms with Gasteiger partial charge in [-0.15, -0.1) is 0 Å². The zero-order chi connectivity index (χ0) is 14.8. The lowest BCUT2D eigenvalue weighted by Crippen LogP contribution is -2.29. The summed E-state index contributed by atoms with van der Waals surface area (Å²) >= 11 is 3.20. The molecular weight excluding hydrogens is 324 g/mol. The van der Waals surface area contributed by atoms with Crippen LogP contribution in [0.4, 0.5) is 5.82 Å². The summed E-state index contributed by atoms with van der Waals surface area (Å²) in [6, 6.07) is 0. The highest BCUT2D eigenvalue weighted by Gasteiger charge is 2.25. The number of nitrogens with zero attached hydrogens (tertiary/aromatic N) is 5. The molecule has 0 unspecified atom stereocenters. The van der Waals surface area contributed by atoms with Crippen LogP contribution in [0.25, 0.3) is 4.85 Å². The fourth-order valence-corrected chi connectivity index (χ4v) is 1.77. The standard InChI is InChI=1S/C12H13BrN6O/c1-12(2,7-15-3)19-6-8(4-17-19)20-11-10(14)16-5-9(13)18-11/h4-6H,7H2,1-2H3,(H2,14,16). The molecule has 0 aliphatic heterocycles. The van der Waals surface area contributed by atoms with E-state index in [9.17, 15) is 0 Å². The molecule has 0 spiro atoms. The van der Waals surface area contributed by atoms with Crippen LogP contribution in [0.1, 0.15) is 13.8 Å². The van der Waals surface area contributed by atoms with Gasteiger partial charge in [0.15, 0.2) is 11.6 Å². The van der Waals surface area contributed by atoms with Crippen LogP contribution in [0, 0.1) is 6.57 Å². The fraction of sp³-hybridized carbons (Fsp3) is 0.333. The first-order chi connectivity index (χ1) is 9.42. The number of halogens is 1. The highest BCUT2D eigenvalue weighted by Crippen LogP contribution is 2.26. The van der Waals surface area contributed by atoms with Gasteiger partial charge in [0.2, 0.25) is 6.54 Å². The summed E-state index contributed by atoms with van der Waals surface area (Å²) in [5.74, 6) is 0.894. The van der Waals surface area contributed by atoms with Crippen molar-refractivity contribution in [3.8, 4) is 11.6 Å². The lowest BCUT2D eigenvalue weighted by molar-refractivity contribution is 0.345. The molecule has 7 nitrogen and oxygen atoms in total. The van der Waals surface area contributed by atoms with Crippen LogP contribution < -0.4 is 10.5 Å². The second-order valence-electron chi connectivity index (χ2n) is 4.73. The first-order valence-electron chi connectivity index (χ1n) is 5.76. The van der Waals surface area contributed by atoms with Gasteiger partial charge >= 0.3 is 0 Å². The van der Waals surface area contributed by atoms with Crippen molar-refractivity contribution in [1.82, 2.24) is 19.7 Å². The maximum atomic E-state index is 6.96. The average molecular weight is 337 g/mol. The highest BCUT2D eigenvalue weighted by atomic mass is 79.9. The topological polar surface area (TPSA) is 83.2 Å². The van der Waals surface area contributed by atoms with E-state index in [4.69, 9.17) is 17.0 Å². The van der Waals surface area contributed by atoms with Crippen molar-refractivity contribution in [2.75, 3.05) is 12.3 Å². The molecule has 8 heteroatoms. The van der Waals surface area contributed by atoms with Gasteiger partial charge < -0.3 is 15.3 Å². The third-order valence-corrected chi connectivity index (χ3v) is 2.98. The first kappa shape index (κ1) is 14.3. The molecular formula is C12H13BrN6O. The quantitative estimate of drug-likeness (QED) is 0.867. The summed E-state index contributed by atoms with van der Waals surface area (Å²) in [6.45, 7) is 11.1. The van der Waals surface area contributed by atoms with Crippen LogP contribution in [-0.2, 0) is 5.54 Å². The highest BCUT2D eigenvalue weighted by molar-refractivity contribution is 9.10. The zero-order valence-corrected chi connectivity index (χ0v) is 12.6. The predicted molar refractivity (Wildman–Crippen MR) is 77.2 cm³/mol. The van der Waals surface area contributed by atoms with Crippen molar-refractivity contribution in [2.45, 2.75) is 19.4 Å². The lowest BCUT2D eigenvalue weighted by Gasteiger charge is -2.18. The van der Waals surface area contributed by atoms with E-state index in [-0.39, 0.29) is 11.7 Å². The molecule has 0 bridgehead atoms. The lowest BCUT2D eigenvalue weighted by atomic mass is 10.1. The number of rotatable bonds is 4. The van der Waals surface area contributed by atoms with Gasteiger partial charge in [-0.3, -0.25) is 4.68 Å². The van der Waals surface area contributed by atoms with E-state index in [1.165, 1.54) is 6.20 Å². The van der Waals surface area contributed by atoms with Crippen LogP contribution in [0.2, 0.25) is 0 Å². The molecule has 0 saturated carbocycles. The van der Waals surface area contributed by atoms with Crippen molar-refractivity contribution in [3.63, 3.8) is 0 Å². The van der Waals surface area contributed by atoms with E-state index in [0.29, 0.717) is 16.9 Å². The Balaban J connectivity index is 2.22. The molecule has 0 radical (unpaired) electrons. The van der Waals surface area contributed by atoms with Gasteiger partial charge in [-0.1, -0.05) is 0 Å². The van der Waals surface area contributed by atoms with Gasteiger partial charge in [0, 0.05) is 0 Å². The average Bonchev–Trinajstić information content (AvgIpc) is 2.83. The third kappa shape index (κ3) is 3.05. The van der Waals surface area contributed by atoms with E-state index in [1.807, 2.05) is 13.8 Å². The Morgan fingerprint density at radius 2 is 2.25 bits per heavy atom. The van der Waals surface area contributed by atoms with Crippen LogP contribution >= 0.6 is 15.9 Å². The van der Waals surface area contributed by atoms with Crippen LogP contribution in [0.5, 0.6) is 11.6 Å². The van der Waals surface area contributed by atoms with Crippen molar-refractivity contribution in [2.24, 2.45) is 0 Å². The minimum absolute atomic E-state index is 0.196. The van der Waals surface area contributed by atoms with Gasteiger partial charge in [-0.2, -0.15) is 5.10 Å². The molecule has 2 aromatic rings. The Kier molecular flexibility index (Phi) is 3.90.